The zero-order valence-corrected chi connectivity index (χ0v) is 15.5. The number of methoxy groups -OCH3 is 1. The van der Waals surface area contributed by atoms with Gasteiger partial charge in [0.1, 0.15) is 11.6 Å². The number of carbonyl (C=O) groups is 1. The Kier molecular flexibility index (Phi) is 4.49. The predicted molar refractivity (Wildman–Crippen MR) is 100 cm³/mol. The Balaban J connectivity index is 1.85. The Bertz CT molecular complexity index is 1010. The summed E-state index contributed by atoms with van der Waals surface area (Å²) in [6.45, 7) is 4.78. The number of amides is 1. The summed E-state index contributed by atoms with van der Waals surface area (Å²) in [5.74, 6) is 1.93. The second kappa shape index (κ2) is 6.96. The van der Waals surface area contributed by atoms with Crippen molar-refractivity contribution in [2.75, 3.05) is 25.6 Å². The molecule has 1 saturated heterocycles. The number of carbonyl (C=O) groups excluding carboxylic acids is 1. The van der Waals surface area contributed by atoms with E-state index in [1.54, 1.807) is 24.1 Å². The summed E-state index contributed by atoms with van der Waals surface area (Å²) in [4.78, 5) is 20.5. The number of rotatable bonds is 4. The van der Waals surface area contributed by atoms with Crippen LogP contribution in [0.4, 0.5) is 5.82 Å². The lowest BCUT2D eigenvalue weighted by atomic mass is 10.0. The van der Waals surface area contributed by atoms with Gasteiger partial charge in [0.25, 0.3) is 0 Å². The third-order valence-corrected chi connectivity index (χ3v) is 4.66. The molecule has 0 spiro atoms. The summed E-state index contributed by atoms with van der Waals surface area (Å²) < 4.78 is 12.7. The minimum Gasteiger partial charge on any atom is -0.497 e. The van der Waals surface area contributed by atoms with Gasteiger partial charge in [0.05, 0.1) is 30.6 Å². The number of anilines is 1. The Morgan fingerprint density at radius 2 is 2.22 bits per heavy atom. The van der Waals surface area contributed by atoms with Gasteiger partial charge in [-0.2, -0.15) is 5.10 Å². The summed E-state index contributed by atoms with van der Waals surface area (Å²) in [7, 11) is 1.64. The highest BCUT2D eigenvalue weighted by molar-refractivity contribution is 5.91. The van der Waals surface area contributed by atoms with Crippen LogP contribution in [0.3, 0.4) is 0 Å². The fraction of sp³-hybridized carbons (Fsp3) is 0.368. The average Bonchev–Trinajstić information content (AvgIpc) is 3.29. The number of fused-ring (bicyclic) bond motifs is 1. The van der Waals surface area contributed by atoms with Crippen molar-refractivity contribution in [2.24, 2.45) is 0 Å². The highest BCUT2D eigenvalue weighted by Gasteiger charge is 2.22. The normalized spacial score (nSPS) is 16.6. The molecule has 3 aromatic heterocycles. The molecule has 4 heterocycles. The Morgan fingerprint density at radius 1 is 1.37 bits per heavy atom. The van der Waals surface area contributed by atoms with Crippen molar-refractivity contribution in [3.63, 3.8) is 0 Å². The number of aromatic nitrogens is 4. The molecule has 1 aliphatic heterocycles. The van der Waals surface area contributed by atoms with Crippen molar-refractivity contribution in [3.05, 3.63) is 35.8 Å². The molecule has 0 aromatic carbocycles. The summed E-state index contributed by atoms with van der Waals surface area (Å²) in [5.41, 5.74) is 2.59. The minimum atomic E-state index is -0.173. The standard InChI is InChI=1S/C19H21N5O3/c1-11-15-9-20-18(21-12(2)25)8-17(15)24(23-11)19-7-14(26-3)6-16(22-19)13-4-5-27-10-13/h6-9,13H,4-5,10H2,1-3H3,(H,20,21,25). The molecular formula is C19H21N5O3. The van der Waals surface area contributed by atoms with Gasteiger partial charge >= 0.3 is 0 Å². The molecule has 1 atom stereocenters. The first-order valence-corrected chi connectivity index (χ1v) is 8.82. The summed E-state index contributed by atoms with van der Waals surface area (Å²) in [6.07, 6.45) is 2.65. The monoisotopic (exact) mass is 367 g/mol. The molecule has 4 rings (SSSR count). The van der Waals surface area contributed by atoms with E-state index < -0.39 is 0 Å². The van der Waals surface area contributed by atoms with Gasteiger partial charge in [-0.1, -0.05) is 0 Å². The maximum Gasteiger partial charge on any atom is 0.222 e. The van der Waals surface area contributed by atoms with Gasteiger partial charge in [-0.05, 0) is 13.3 Å². The first kappa shape index (κ1) is 17.4. The minimum absolute atomic E-state index is 0.173. The second-order valence-corrected chi connectivity index (χ2v) is 6.62. The lowest BCUT2D eigenvalue weighted by molar-refractivity contribution is -0.114. The Labute approximate surface area is 156 Å². The van der Waals surface area contributed by atoms with Crippen LogP contribution < -0.4 is 10.1 Å². The van der Waals surface area contributed by atoms with Crippen LogP contribution >= 0.6 is 0 Å². The first-order chi connectivity index (χ1) is 13.0. The van der Waals surface area contributed by atoms with Crippen molar-refractivity contribution in [1.82, 2.24) is 19.7 Å². The van der Waals surface area contributed by atoms with E-state index >= 15 is 0 Å². The van der Waals surface area contributed by atoms with Gasteiger partial charge in [0.2, 0.25) is 5.91 Å². The van der Waals surface area contributed by atoms with Gasteiger partial charge < -0.3 is 14.8 Å². The zero-order valence-electron chi connectivity index (χ0n) is 15.5. The predicted octanol–water partition coefficient (Wildman–Crippen LogP) is 2.59. The third kappa shape index (κ3) is 3.35. The highest BCUT2D eigenvalue weighted by atomic mass is 16.5. The molecule has 0 bridgehead atoms. The zero-order chi connectivity index (χ0) is 19.0. The number of pyridine rings is 2. The molecule has 0 aliphatic carbocycles. The van der Waals surface area contributed by atoms with Crippen LogP contribution in [-0.2, 0) is 9.53 Å². The van der Waals surface area contributed by atoms with E-state index in [0.717, 1.165) is 41.1 Å². The van der Waals surface area contributed by atoms with Gasteiger partial charge in [-0.3, -0.25) is 4.79 Å². The maximum absolute atomic E-state index is 11.4. The molecule has 0 radical (unpaired) electrons. The fourth-order valence-corrected chi connectivity index (χ4v) is 3.29. The molecular weight excluding hydrogens is 346 g/mol. The van der Waals surface area contributed by atoms with Crippen molar-refractivity contribution >= 4 is 22.6 Å². The SMILES string of the molecule is COc1cc(C2CCOC2)nc(-n2nc(C)c3cnc(NC(C)=O)cc32)c1. The number of aryl methyl sites for hydroxylation is 1. The number of ether oxygens (including phenoxy) is 2. The second-order valence-electron chi connectivity index (χ2n) is 6.62. The number of hydrogen-bond acceptors (Lipinski definition) is 6. The summed E-state index contributed by atoms with van der Waals surface area (Å²) in [6, 6.07) is 5.60. The van der Waals surface area contributed by atoms with E-state index in [9.17, 15) is 4.79 Å². The highest BCUT2D eigenvalue weighted by Crippen LogP contribution is 2.29. The average molecular weight is 367 g/mol. The van der Waals surface area contributed by atoms with Gasteiger partial charge in [-0.25, -0.2) is 14.6 Å². The molecule has 1 aliphatic rings. The first-order valence-electron chi connectivity index (χ1n) is 8.82. The maximum atomic E-state index is 11.4. The van der Waals surface area contributed by atoms with Crippen LogP contribution in [0.1, 0.15) is 30.7 Å². The van der Waals surface area contributed by atoms with E-state index in [1.807, 2.05) is 19.1 Å². The van der Waals surface area contributed by atoms with E-state index in [4.69, 9.17) is 14.5 Å². The van der Waals surface area contributed by atoms with Crippen molar-refractivity contribution < 1.29 is 14.3 Å². The number of nitrogens with one attached hydrogen (secondary N) is 1. The summed E-state index contributed by atoms with van der Waals surface area (Å²) in [5, 5.41) is 8.25. The molecule has 1 N–H and O–H groups in total. The van der Waals surface area contributed by atoms with Gasteiger partial charge in [-0.15, -0.1) is 0 Å². The molecule has 0 saturated carbocycles. The van der Waals surface area contributed by atoms with E-state index in [2.05, 4.69) is 15.4 Å². The van der Waals surface area contributed by atoms with Crippen molar-refractivity contribution in [2.45, 2.75) is 26.2 Å². The fourth-order valence-electron chi connectivity index (χ4n) is 3.29. The van der Waals surface area contributed by atoms with Crippen molar-refractivity contribution in [3.8, 4) is 11.6 Å². The molecule has 27 heavy (non-hydrogen) atoms. The molecule has 140 valence electrons. The largest absolute Gasteiger partial charge is 0.497 e. The summed E-state index contributed by atoms with van der Waals surface area (Å²) >= 11 is 0. The Hall–Kier alpha value is -3.00. The molecule has 1 amide bonds. The lowest BCUT2D eigenvalue weighted by Crippen LogP contribution is -2.08. The van der Waals surface area contributed by atoms with Gasteiger partial charge in [0.15, 0.2) is 5.82 Å². The molecule has 8 heteroatoms. The van der Waals surface area contributed by atoms with E-state index in [0.29, 0.717) is 18.2 Å². The molecule has 1 fully saturated rings. The molecule has 8 nitrogen and oxygen atoms in total. The quantitative estimate of drug-likeness (QED) is 0.762. The van der Waals surface area contributed by atoms with Crippen LogP contribution in [0.2, 0.25) is 0 Å². The van der Waals surface area contributed by atoms with Crippen LogP contribution in [0.15, 0.2) is 24.4 Å². The topological polar surface area (TPSA) is 91.2 Å². The smallest absolute Gasteiger partial charge is 0.222 e. The lowest BCUT2D eigenvalue weighted by Gasteiger charge is -2.12. The molecule has 1 unspecified atom stereocenters. The number of hydrogen-bond donors (Lipinski definition) is 1. The Morgan fingerprint density at radius 3 is 2.93 bits per heavy atom. The van der Waals surface area contributed by atoms with Crippen LogP contribution in [0, 0.1) is 6.92 Å². The van der Waals surface area contributed by atoms with Crippen LogP contribution in [-0.4, -0.2) is 46.0 Å². The number of nitrogens with zero attached hydrogens (tertiary/aromatic N) is 4. The molecule has 3 aromatic rings. The third-order valence-electron chi connectivity index (χ3n) is 4.66. The van der Waals surface area contributed by atoms with Crippen LogP contribution in [0.5, 0.6) is 5.75 Å². The van der Waals surface area contributed by atoms with E-state index in [1.165, 1.54) is 6.92 Å². The van der Waals surface area contributed by atoms with Crippen LogP contribution in [0.25, 0.3) is 16.7 Å². The van der Waals surface area contributed by atoms with Crippen molar-refractivity contribution in [1.29, 1.82) is 0 Å². The van der Waals surface area contributed by atoms with E-state index in [-0.39, 0.29) is 11.8 Å². The van der Waals surface area contributed by atoms with Gasteiger partial charge in [0, 0.05) is 49.2 Å².